The summed E-state index contributed by atoms with van der Waals surface area (Å²) in [6.45, 7) is 2.86. The van der Waals surface area contributed by atoms with Crippen LogP contribution in [0.3, 0.4) is 0 Å². The van der Waals surface area contributed by atoms with Crippen LogP contribution in [-0.4, -0.2) is 52.9 Å². The molecule has 0 unspecified atom stereocenters. The molecule has 0 aromatic rings. The first kappa shape index (κ1) is 12.5. The number of carbonyl (C=O) groups excluding carboxylic acids is 1. The lowest BCUT2D eigenvalue weighted by molar-refractivity contribution is -0.128. The van der Waals surface area contributed by atoms with Crippen molar-refractivity contribution in [3.8, 4) is 0 Å². The van der Waals surface area contributed by atoms with Gasteiger partial charge in [0.15, 0.2) is 0 Å². The summed E-state index contributed by atoms with van der Waals surface area (Å²) in [5, 5.41) is 14.3. The monoisotopic (exact) mass is 227 g/mol. The van der Waals surface area contributed by atoms with E-state index < -0.39 is 6.09 Å². The van der Waals surface area contributed by atoms with Gasteiger partial charge in [-0.1, -0.05) is 13.3 Å². The molecular weight excluding hydrogens is 210 g/mol. The van der Waals surface area contributed by atoms with Gasteiger partial charge in [-0.25, -0.2) is 9.80 Å². The fourth-order valence-corrected chi connectivity index (χ4v) is 1.44. The number of carbonyl (C=O) groups is 2. The van der Waals surface area contributed by atoms with Gasteiger partial charge in [0.25, 0.3) is 0 Å². The van der Waals surface area contributed by atoms with Gasteiger partial charge >= 0.3 is 6.09 Å². The van der Waals surface area contributed by atoms with Crippen molar-refractivity contribution in [1.82, 2.24) is 9.91 Å². The number of amides is 2. The van der Waals surface area contributed by atoms with Crippen LogP contribution >= 0.6 is 0 Å². The van der Waals surface area contributed by atoms with Gasteiger partial charge in [-0.05, 0) is 6.42 Å². The zero-order valence-corrected chi connectivity index (χ0v) is 9.64. The SMILES string of the molecule is CCCCN1N=C(CN(C)C(=O)O)CC1=O. The van der Waals surface area contributed by atoms with Crippen LogP contribution in [0.5, 0.6) is 0 Å². The Balaban J connectivity index is 2.50. The van der Waals surface area contributed by atoms with Gasteiger partial charge in [-0.15, -0.1) is 0 Å². The fraction of sp³-hybridized carbons (Fsp3) is 0.700. The van der Waals surface area contributed by atoms with Crippen LogP contribution < -0.4 is 0 Å². The van der Waals surface area contributed by atoms with E-state index >= 15 is 0 Å². The summed E-state index contributed by atoms with van der Waals surface area (Å²) >= 11 is 0. The molecule has 6 nitrogen and oxygen atoms in total. The molecule has 0 bridgehead atoms. The summed E-state index contributed by atoms with van der Waals surface area (Å²) in [6.07, 6.45) is 1.14. The van der Waals surface area contributed by atoms with Crippen LogP contribution in [0.25, 0.3) is 0 Å². The summed E-state index contributed by atoms with van der Waals surface area (Å²) in [7, 11) is 1.46. The highest BCUT2D eigenvalue weighted by molar-refractivity contribution is 6.06. The number of hydrogen-bond donors (Lipinski definition) is 1. The average molecular weight is 227 g/mol. The molecular formula is C10H17N3O3. The average Bonchev–Trinajstić information content (AvgIpc) is 2.55. The third-order valence-corrected chi connectivity index (χ3v) is 2.38. The van der Waals surface area contributed by atoms with Gasteiger partial charge in [0.1, 0.15) is 0 Å². The van der Waals surface area contributed by atoms with Crippen LogP contribution in [0.1, 0.15) is 26.2 Å². The first-order valence-electron chi connectivity index (χ1n) is 5.35. The van der Waals surface area contributed by atoms with E-state index in [1.807, 2.05) is 6.92 Å². The largest absolute Gasteiger partial charge is 0.465 e. The van der Waals surface area contributed by atoms with E-state index in [9.17, 15) is 9.59 Å². The van der Waals surface area contributed by atoms with Crippen molar-refractivity contribution in [2.45, 2.75) is 26.2 Å². The molecule has 0 fully saturated rings. The molecule has 1 rings (SSSR count). The van der Waals surface area contributed by atoms with Gasteiger partial charge in [0, 0.05) is 13.6 Å². The van der Waals surface area contributed by atoms with Gasteiger partial charge in [0.05, 0.1) is 18.7 Å². The van der Waals surface area contributed by atoms with E-state index in [4.69, 9.17) is 5.11 Å². The van der Waals surface area contributed by atoms with Crippen LogP contribution in [0.2, 0.25) is 0 Å². The Hall–Kier alpha value is -1.59. The minimum absolute atomic E-state index is 0.0396. The number of hydrogen-bond acceptors (Lipinski definition) is 3. The topological polar surface area (TPSA) is 73.2 Å². The lowest BCUT2D eigenvalue weighted by Crippen LogP contribution is -2.30. The molecule has 0 aliphatic carbocycles. The van der Waals surface area contributed by atoms with E-state index in [0.717, 1.165) is 17.7 Å². The lowest BCUT2D eigenvalue weighted by atomic mass is 10.2. The quantitative estimate of drug-likeness (QED) is 0.761. The fourth-order valence-electron chi connectivity index (χ4n) is 1.44. The third kappa shape index (κ3) is 3.22. The molecule has 2 amide bonds. The molecule has 6 heteroatoms. The van der Waals surface area contributed by atoms with Crippen molar-refractivity contribution in [3.05, 3.63) is 0 Å². The molecule has 1 heterocycles. The van der Waals surface area contributed by atoms with Crippen LogP contribution in [-0.2, 0) is 4.79 Å². The molecule has 0 saturated carbocycles. The molecule has 0 saturated heterocycles. The minimum atomic E-state index is -1.01. The van der Waals surface area contributed by atoms with Crippen LogP contribution in [0, 0.1) is 0 Å². The zero-order chi connectivity index (χ0) is 12.1. The lowest BCUT2D eigenvalue weighted by Gasteiger charge is -2.11. The second-order valence-corrected chi connectivity index (χ2v) is 3.85. The third-order valence-electron chi connectivity index (χ3n) is 2.38. The molecule has 0 radical (unpaired) electrons. The second kappa shape index (κ2) is 5.48. The Morgan fingerprint density at radius 2 is 2.31 bits per heavy atom. The Morgan fingerprint density at radius 3 is 2.88 bits per heavy atom. The van der Waals surface area contributed by atoms with Crippen molar-refractivity contribution < 1.29 is 14.7 Å². The number of hydrazone groups is 1. The smallest absolute Gasteiger partial charge is 0.407 e. The van der Waals surface area contributed by atoms with Gasteiger partial charge in [0.2, 0.25) is 5.91 Å². The highest BCUT2D eigenvalue weighted by atomic mass is 16.4. The van der Waals surface area contributed by atoms with Crippen molar-refractivity contribution in [2.75, 3.05) is 20.1 Å². The number of carboxylic acid groups (broad SMARTS) is 1. The van der Waals surface area contributed by atoms with Crippen molar-refractivity contribution in [3.63, 3.8) is 0 Å². The van der Waals surface area contributed by atoms with Crippen molar-refractivity contribution in [1.29, 1.82) is 0 Å². The van der Waals surface area contributed by atoms with E-state index in [-0.39, 0.29) is 18.9 Å². The Morgan fingerprint density at radius 1 is 1.62 bits per heavy atom. The molecule has 1 N–H and O–H groups in total. The molecule has 0 atom stereocenters. The van der Waals surface area contributed by atoms with Crippen LogP contribution in [0.15, 0.2) is 5.10 Å². The molecule has 1 aliphatic heterocycles. The molecule has 1 aliphatic rings. The second-order valence-electron chi connectivity index (χ2n) is 3.85. The predicted octanol–water partition coefficient (Wildman–Crippen LogP) is 0.985. The van der Waals surface area contributed by atoms with Gasteiger partial charge in [-0.3, -0.25) is 4.79 Å². The minimum Gasteiger partial charge on any atom is -0.465 e. The van der Waals surface area contributed by atoms with Crippen LogP contribution in [0.4, 0.5) is 4.79 Å². The normalized spacial score (nSPS) is 15.2. The van der Waals surface area contributed by atoms with Gasteiger partial charge in [-0.2, -0.15) is 5.10 Å². The highest BCUT2D eigenvalue weighted by Gasteiger charge is 2.24. The summed E-state index contributed by atoms with van der Waals surface area (Å²) < 4.78 is 0. The van der Waals surface area contributed by atoms with Crippen molar-refractivity contribution in [2.24, 2.45) is 5.10 Å². The molecule has 90 valence electrons. The van der Waals surface area contributed by atoms with E-state index in [1.54, 1.807) is 0 Å². The number of rotatable bonds is 5. The standard InChI is InChI=1S/C10H17N3O3/c1-3-4-5-13-9(14)6-8(11-13)7-12(2)10(15)16/h3-7H2,1-2H3,(H,15,16). The molecule has 16 heavy (non-hydrogen) atoms. The molecule has 0 aromatic heterocycles. The number of unbranched alkanes of at least 4 members (excludes halogenated alkanes) is 1. The first-order valence-corrected chi connectivity index (χ1v) is 5.35. The summed E-state index contributed by atoms with van der Waals surface area (Å²) in [6, 6.07) is 0. The predicted molar refractivity (Wildman–Crippen MR) is 59.3 cm³/mol. The first-order chi connectivity index (χ1) is 7.54. The molecule has 0 spiro atoms. The van der Waals surface area contributed by atoms with Crippen molar-refractivity contribution >= 4 is 17.7 Å². The maximum atomic E-state index is 11.5. The van der Waals surface area contributed by atoms with E-state index in [2.05, 4.69) is 5.10 Å². The van der Waals surface area contributed by atoms with Gasteiger partial charge < -0.3 is 10.0 Å². The molecule has 0 aromatic carbocycles. The Kier molecular flexibility index (Phi) is 4.28. The maximum Gasteiger partial charge on any atom is 0.407 e. The van der Waals surface area contributed by atoms with E-state index in [1.165, 1.54) is 12.1 Å². The zero-order valence-electron chi connectivity index (χ0n) is 9.64. The van der Waals surface area contributed by atoms with E-state index in [0.29, 0.717) is 12.3 Å². The summed E-state index contributed by atoms with van der Waals surface area (Å²) in [5.41, 5.74) is 0.617. The summed E-state index contributed by atoms with van der Waals surface area (Å²) in [5.74, 6) is -0.0396. The Bertz CT molecular complexity index is 314. The number of nitrogens with zero attached hydrogens (tertiary/aromatic N) is 3. The highest BCUT2D eigenvalue weighted by Crippen LogP contribution is 2.10. The maximum absolute atomic E-state index is 11.5. The summed E-state index contributed by atoms with van der Waals surface area (Å²) in [4.78, 5) is 23.2. The Labute approximate surface area is 94.5 Å².